The predicted octanol–water partition coefficient (Wildman–Crippen LogP) is 11.2. The number of Topliss-reactive ketones (excluding diaryl/α,β-unsaturated/α-hetero) is 1. The highest BCUT2D eigenvalue weighted by Gasteiger charge is 2.29. The topological polar surface area (TPSA) is 136 Å². The quantitative estimate of drug-likeness (QED) is 0.0446. The highest BCUT2D eigenvalue weighted by atomic mass is 16.5. The van der Waals surface area contributed by atoms with Gasteiger partial charge in [0.25, 0.3) is 0 Å². The van der Waals surface area contributed by atoms with E-state index in [0.717, 1.165) is 75.5 Å². The number of aromatic hydroxyl groups is 1. The molecule has 0 saturated heterocycles. The van der Waals surface area contributed by atoms with Gasteiger partial charge in [0.05, 0.1) is 13.0 Å². The number of aliphatic hydroxyl groups is 1. The fraction of sp³-hybridized carbons (Fsp3) is 0.321. The molecular formula is C56H59N3O6. The molecule has 4 aliphatic rings. The van der Waals surface area contributed by atoms with Crippen molar-refractivity contribution in [1.29, 1.82) is 0 Å². The molecule has 6 bridgehead atoms. The fourth-order valence-corrected chi connectivity index (χ4v) is 9.58. The first kappa shape index (κ1) is 44.7. The van der Waals surface area contributed by atoms with Gasteiger partial charge < -0.3 is 35.5 Å². The molecule has 9 heteroatoms. The minimum atomic E-state index is -0.542. The zero-order chi connectivity index (χ0) is 45.3. The van der Waals surface area contributed by atoms with Crippen LogP contribution >= 0.6 is 0 Å². The Morgan fingerprint density at radius 1 is 0.938 bits per heavy atom. The Bertz CT molecular complexity index is 2710. The second kappa shape index (κ2) is 20.7. The molecule has 2 heterocycles. The first-order valence-corrected chi connectivity index (χ1v) is 22.8. The normalized spacial score (nSPS) is 20.7. The number of allylic oxidation sites excluding steroid dienone is 4. The summed E-state index contributed by atoms with van der Waals surface area (Å²) >= 11 is 0. The van der Waals surface area contributed by atoms with E-state index < -0.39 is 12.0 Å². The summed E-state index contributed by atoms with van der Waals surface area (Å²) in [7, 11) is 3.29. The number of aliphatic imine (C=N–C) groups is 1. The average molecular weight is 870 g/mol. The van der Waals surface area contributed by atoms with Gasteiger partial charge in [0.15, 0.2) is 17.5 Å². The van der Waals surface area contributed by atoms with Gasteiger partial charge in [-0.15, -0.1) is 0 Å². The van der Waals surface area contributed by atoms with Crippen LogP contribution in [0.3, 0.4) is 0 Å². The number of unbranched alkanes of at least 4 members (excludes halogenated alkanes) is 1. The van der Waals surface area contributed by atoms with Gasteiger partial charge in [0.1, 0.15) is 36.1 Å². The minimum Gasteiger partial charge on any atom is -0.508 e. The lowest BCUT2D eigenvalue weighted by molar-refractivity contribution is -0.121. The first-order valence-electron chi connectivity index (χ1n) is 22.8. The standard InChI is InChI=1S/C56H59N3O6/c1-36-16-23-48-42-20-24-49-54(51(62)34-50(36)55(48)49)41(28-37-10-5-4-6-11-37)26-27-64-47(33-46(61)21-17-39-18-25-52(63-3)53(30-39)65-35-42)32-43-31-45(60)22-19-40(43)14-8-7-12-38-13-9-15-44(29-38)59-56(57)58-2/h4-6,9-11,13,15-16,18-20,22-25,29-31,34,36,40-41,43,47,60,62H,7-8,12,14,17,21,28,32-33,35H2,1-3H3,(H3,57,58,59)/t36-,40+,41+,43-,47+/m1/s1. The Balaban J connectivity index is 1.11. The van der Waals surface area contributed by atoms with E-state index >= 15 is 0 Å². The second-order valence-corrected chi connectivity index (χ2v) is 17.5. The lowest BCUT2D eigenvalue weighted by Crippen LogP contribution is -2.24. The summed E-state index contributed by atoms with van der Waals surface area (Å²) < 4.78 is 18.8. The Hall–Kier alpha value is -6.92. The molecule has 65 heavy (non-hydrogen) atoms. The van der Waals surface area contributed by atoms with Crippen LogP contribution in [-0.2, 0) is 35.4 Å². The van der Waals surface area contributed by atoms with Gasteiger partial charge in [-0.3, -0.25) is 9.79 Å². The summed E-state index contributed by atoms with van der Waals surface area (Å²) in [6.07, 6.45) is 18.5. The minimum absolute atomic E-state index is 0.0602. The molecule has 2 aliphatic carbocycles. The van der Waals surface area contributed by atoms with Crippen molar-refractivity contribution in [3.63, 3.8) is 0 Å². The number of anilines is 1. The molecule has 334 valence electrons. The number of fused-ring (bicyclic) bond motifs is 9. The maximum atomic E-state index is 13.9. The van der Waals surface area contributed by atoms with Crippen molar-refractivity contribution in [2.24, 2.45) is 22.6 Å². The highest BCUT2D eigenvalue weighted by Crippen LogP contribution is 2.45. The fourth-order valence-electron chi connectivity index (χ4n) is 9.58. The smallest absolute Gasteiger partial charge is 0.192 e. The zero-order valence-corrected chi connectivity index (χ0v) is 37.6. The van der Waals surface area contributed by atoms with E-state index in [1.807, 2.05) is 60.7 Å². The third kappa shape index (κ3) is 10.9. The highest BCUT2D eigenvalue weighted by molar-refractivity contribution is 6.00. The first-order chi connectivity index (χ1) is 31.6. The lowest BCUT2D eigenvalue weighted by Gasteiger charge is -2.28. The van der Waals surface area contributed by atoms with Gasteiger partial charge in [0.2, 0.25) is 0 Å². The summed E-state index contributed by atoms with van der Waals surface area (Å²) in [5, 5.41) is 27.9. The average Bonchev–Trinajstić information content (AvgIpc) is 3.30. The van der Waals surface area contributed by atoms with Crippen LogP contribution in [0.15, 0.2) is 126 Å². The maximum absolute atomic E-state index is 13.9. The number of carbonyl (C=O) groups excluding carboxylic acids is 1. The number of guanidine groups is 1. The number of phenols is 1. The lowest BCUT2D eigenvalue weighted by atomic mass is 9.80. The molecule has 5 aromatic carbocycles. The van der Waals surface area contributed by atoms with Crippen LogP contribution in [0.1, 0.15) is 96.2 Å². The summed E-state index contributed by atoms with van der Waals surface area (Å²) in [5.74, 6) is 5.25. The molecule has 2 aliphatic heterocycles. The van der Waals surface area contributed by atoms with E-state index in [1.54, 1.807) is 20.2 Å². The molecule has 9 nitrogen and oxygen atoms in total. The molecule has 0 fully saturated rings. The van der Waals surface area contributed by atoms with Crippen molar-refractivity contribution >= 4 is 34.3 Å². The van der Waals surface area contributed by atoms with Gasteiger partial charge in [-0.2, -0.15) is 0 Å². The third-order valence-electron chi connectivity index (χ3n) is 13.1. The molecule has 0 saturated carbocycles. The monoisotopic (exact) mass is 869 g/mol. The van der Waals surface area contributed by atoms with Crippen LogP contribution in [0.2, 0.25) is 0 Å². The van der Waals surface area contributed by atoms with Crippen LogP contribution in [0, 0.1) is 23.9 Å². The number of hydrogen-bond acceptors (Lipinski definition) is 7. The molecule has 0 amide bonds. The number of aliphatic hydroxyl groups excluding tert-OH is 1. The number of rotatable bonds is 11. The van der Waals surface area contributed by atoms with Crippen LogP contribution < -0.4 is 20.5 Å². The number of methoxy groups -OCH3 is 1. The largest absolute Gasteiger partial charge is 0.508 e. The van der Waals surface area contributed by atoms with Crippen LogP contribution in [0.5, 0.6) is 17.2 Å². The number of nitrogens with two attached hydrogens (primary N) is 1. The second-order valence-electron chi connectivity index (χ2n) is 17.5. The summed E-state index contributed by atoms with van der Waals surface area (Å²) in [5.41, 5.74) is 13.9. The number of ether oxygens (including phenoxy) is 3. The van der Waals surface area contributed by atoms with Gasteiger partial charge >= 0.3 is 0 Å². The molecule has 0 radical (unpaired) electrons. The van der Waals surface area contributed by atoms with Crippen LogP contribution in [0.25, 0.3) is 16.8 Å². The number of phenolic OH excluding ortho intramolecular Hbond substituents is 1. The Labute approximate surface area is 382 Å². The summed E-state index contributed by atoms with van der Waals surface area (Å²) in [6.45, 7) is 2.45. The van der Waals surface area contributed by atoms with Crippen molar-refractivity contribution in [3.8, 4) is 29.3 Å². The number of aryl methyl sites for hydroxylation is 2. The summed E-state index contributed by atoms with van der Waals surface area (Å²) in [6, 6.07) is 30.3. The van der Waals surface area contributed by atoms with Crippen LogP contribution in [-0.4, -0.2) is 42.2 Å². The molecule has 0 spiro atoms. The Morgan fingerprint density at radius 3 is 2.62 bits per heavy atom. The number of hydrogen-bond donors (Lipinski definition) is 4. The van der Waals surface area contributed by atoms with E-state index in [2.05, 4.69) is 83.9 Å². The van der Waals surface area contributed by atoms with Gasteiger partial charge in [-0.1, -0.05) is 98.2 Å². The zero-order valence-electron chi connectivity index (χ0n) is 37.6. The summed E-state index contributed by atoms with van der Waals surface area (Å²) in [4.78, 5) is 17.9. The van der Waals surface area contributed by atoms with Crippen molar-refractivity contribution in [1.82, 2.24) is 0 Å². The van der Waals surface area contributed by atoms with Crippen molar-refractivity contribution in [3.05, 3.63) is 160 Å². The Kier molecular flexibility index (Phi) is 14.2. The predicted molar refractivity (Wildman–Crippen MR) is 260 cm³/mol. The van der Waals surface area contributed by atoms with Crippen LogP contribution in [0.4, 0.5) is 5.69 Å². The van der Waals surface area contributed by atoms with Gasteiger partial charge in [0, 0.05) is 37.1 Å². The van der Waals surface area contributed by atoms with Gasteiger partial charge in [-0.05, 0) is 137 Å². The molecule has 0 unspecified atom stereocenters. The van der Waals surface area contributed by atoms with Crippen molar-refractivity contribution < 1.29 is 29.2 Å². The molecule has 5 N–H and O–H groups in total. The number of ketones is 1. The molecule has 5 aromatic rings. The van der Waals surface area contributed by atoms with Crippen molar-refractivity contribution in [2.45, 2.75) is 89.3 Å². The molecular weight excluding hydrogens is 811 g/mol. The molecule has 9 rings (SSSR count). The molecule has 0 aromatic heterocycles. The van der Waals surface area contributed by atoms with Gasteiger partial charge in [-0.25, -0.2) is 0 Å². The number of carbonyl (C=O) groups is 1. The number of nitrogens with one attached hydrogen (secondary N) is 1. The van der Waals surface area contributed by atoms with E-state index in [4.69, 9.17) is 19.9 Å². The number of nitrogens with zero attached hydrogens (tertiary/aromatic N) is 1. The maximum Gasteiger partial charge on any atom is 0.192 e. The SMILES string of the molecule is CN=C(N)Nc1cccc(CCCC[C@H]2C=CC(O)=C[C@@H]2C[C@H]2CC(=O)CCc3ccc(OC)c(c3)OCc3ccc4c(c(O)cc5c4c3C=C[C@H]5C)[C@H](Cc3ccccc3)C#CO2)c1. The van der Waals surface area contributed by atoms with Crippen molar-refractivity contribution in [2.75, 3.05) is 19.5 Å². The Morgan fingerprint density at radius 2 is 1.78 bits per heavy atom. The third-order valence-corrected chi connectivity index (χ3v) is 13.1. The van der Waals surface area contributed by atoms with E-state index in [9.17, 15) is 15.0 Å². The van der Waals surface area contributed by atoms with E-state index in [1.165, 1.54) is 5.56 Å². The van der Waals surface area contributed by atoms with E-state index in [0.29, 0.717) is 49.7 Å². The van der Waals surface area contributed by atoms with E-state index in [-0.39, 0.29) is 41.5 Å². The molecule has 5 atom stereocenters. The number of benzene rings is 5.